The molecule has 0 saturated carbocycles. The van der Waals surface area contributed by atoms with Crippen LogP contribution >= 0.6 is 0 Å². The van der Waals surface area contributed by atoms with Gasteiger partial charge in [0.1, 0.15) is 10.7 Å². The van der Waals surface area contributed by atoms with Crippen LogP contribution in [-0.4, -0.2) is 8.42 Å². The first-order valence-electron chi connectivity index (χ1n) is 9.12. The maximum Gasteiger partial charge on any atom is 0.210 e. The van der Waals surface area contributed by atoms with Gasteiger partial charge >= 0.3 is 0 Å². The van der Waals surface area contributed by atoms with Gasteiger partial charge in [0.25, 0.3) is 0 Å². The maximum atomic E-state index is 13.4. The molecule has 1 atom stereocenters. The van der Waals surface area contributed by atoms with Gasteiger partial charge in [-0.05, 0) is 36.1 Å². The Bertz CT molecular complexity index is 1040. The molecule has 0 aliphatic carbocycles. The third-order valence-electron chi connectivity index (χ3n) is 5.18. The van der Waals surface area contributed by atoms with Crippen molar-refractivity contribution in [2.45, 2.75) is 50.3 Å². The molecule has 0 aliphatic heterocycles. The van der Waals surface area contributed by atoms with Crippen LogP contribution in [0.4, 0.5) is 0 Å². The molecule has 1 aromatic heterocycles. The van der Waals surface area contributed by atoms with Gasteiger partial charge in [-0.2, -0.15) is 0 Å². The lowest BCUT2D eigenvalue weighted by Crippen LogP contribution is -2.14. The van der Waals surface area contributed by atoms with Crippen LogP contribution in [-0.2, 0) is 9.84 Å². The molecule has 0 fully saturated rings. The molecule has 2 aromatic carbocycles. The molecule has 0 radical (unpaired) electrons. The molecule has 4 heteroatoms. The van der Waals surface area contributed by atoms with Crippen molar-refractivity contribution < 1.29 is 12.8 Å². The molecule has 0 N–H and O–H groups in total. The van der Waals surface area contributed by atoms with Crippen LogP contribution in [0.25, 0.3) is 11.3 Å². The van der Waals surface area contributed by atoms with Crippen molar-refractivity contribution in [1.82, 2.24) is 0 Å². The summed E-state index contributed by atoms with van der Waals surface area (Å²) in [6.45, 7) is 10.4. The average Bonchev–Trinajstić information content (AvgIpc) is 3.07. The molecular formula is C23H26O3S. The minimum absolute atomic E-state index is 0.0470. The fourth-order valence-corrected chi connectivity index (χ4v) is 4.41. The van der Waals surface area contributed by atoms with E-state index in [0.717, 1.165) is 11.1 Å². The van der Waals surface area contributed by atoms with E-state index < -0.39 is 9.84 Å². The first-order chi connectivity index (χ1) is 12.6. The van der Waals surface area contributed by atoms with E-state index in [2.05, 4.69) is 27.7 Å². The van der Waals surface area contributed by atoms with E-state index in [-0.39, 0.29) is 21.1 Å². The zero-order chi connectivity index (χ0) is 19.8. The summed E-state index contributed by atoms with van der Waals surface area (Å²) in [5, 5.41) is 0. The second kappa shape index (κ2) is 7.01. The zero-order valence-corrected chi connectivity index (χ0v) is 17.3. The Kier molecular flexibility index (Phi) is 5.04. The SMILES string of the molecule is Cc1ccccc1-c1oc(C(C)C(C)(C)C)cc1S(=O)(=O)c1ccccc1. The van der Waals surface area contributed by atoms with E-state index >= 15 is 0 Å². The minimum atomic E-state index is -3.69. The average molecular weight is 383 g/mol. The van der Waals surface area contributed by atoms with Crippen LogP contribution in [0.15, 0.2) is 74.9 Å². The molecule has 27 heavy (non-hydrogen) atoms. The van der Waals surface area contributed by atoms with Gasteiger partial charge in [-0.3, -0.25) is 0 Å². The molecule has 3 nitrogen and oxygen atoms in total. The Morgan fingerprint density at radius 1 is 0.926 bits per heavy atom. The fraction of sp³-hybridized carbons (Fsp3) is 0.304. The number of aryl methyl sites for hydroxylation is 1. The summed E-state index contributed by atoms with van der Waals surface area (Å²) >= 11 is 0. The van der Waals surface area contributed by atoms with E-state index in [1.54, 1.807) is 30.3 Å². The Labute approximate surface area is 162 Å². The second-order valence-electron chi connectivity index (χ2n) is 8.06. The summed E-state index contributed by atoms with van der Waals surface area (Å²) in [6.07, 6.45) is 0. The van der Waals surface area contributed by atoms with Crippen LogP contribution < -0.4 is 0 Å². The summed E-state index contributed by atoms with van der Waals surface area (Å²) in [7, 11) is -3.69. The van der Waals surface area contributed by atoms with E-state index in [0.29, 0.717) is 11.5 Å². The molecule has 3 rings (SSSR count). The summed E-state index contributed by atoms with van der Waals surface area (Å²) in [4.78, 5) is 0.504. The normalized spacial score (nSPS) is 13.5. The lowest BCUT2D eigenvalue weighted by atomic mass is 9.81. The van der Waals surface area contributed by atoms with Gasteiger partial charge in [-0.25, -0.2) is 8.42 Å². The van der Waals surface area contributed by atoms with Crippen molar-refractivity contribution in [3.63, 3.8) is 0 Å². The summed E-state index contributed by atoms with van der Waals surface area (Å²) < 4.78 is 32.9. The number of sulfone groups is 1. The molecule has 142 valence electrons. The summed E-state index contributed by atoms with van der Waals surface area (Å²) in [6, 6.07) is 17.9. The highest BCUT2D eigenvalue weighted by molar-refractivity contribution is 7.91. The number of furan rings is 1. The number of hydrogen-bond acceptors (Lipinski definition) is 3. The van der Waals surface area contributed by atoms with Gasteiger partial charge in [-0.1, -0.05) is 70.2 Å². The third-order valence-corrected chi connectivity index (χ3v) is 6.95. The van der Waals surface area contributed by atoms with Crippen molar-refractivity contribution in [2.75, 3.05) is 0 Å². The Balaban J connectivity index is 2.27. The predicted octanol–water partition coefficient (Wildman–Crippen LogP) is 6.24. The van der Waals surface area contributed by atoms with Crippen LogP contribution in [0.3, 0.4) is 0 Å². The highest BCUT2D eigenvalue weighted by Gasteiger charge is 2.31. The van der Waals surface area contributed by atoms with Crippen LogP contribution in [0.1, 0.15) is 44.9 Å². The highest BCUT2D eigenvalue weighted by atomic mass is 32.2. The number of benzene rings is 2. The Morgan fingerprint density at radius 3 is 2.11 bits per heavy atom. The fourth-order valence-electron chi connectivity index (χ4n) is 2.97. The second-order valence-corrected chi connectivity index (χ2v) is 9.98. The predicted molar refractivity (Wildman–Crippen MR) is 109 cm³/mol. The van der Waals surface area contributed by atoms with E-state index in [1.165, 1.54) is 0 Å². The molecule has 0 saturated heterocycles. The zero-order valence-electron chi connectivity index (χ0n) is 16.5. The van der Waals surface area contributed by atoms with Crippen molar-refractivity contribution in [2.24, 2.45) is 5.41 Å². The number of hydrogen-bond donors (Lipinski definition) is 0. The molecular weight excluding hydrogens is 356 g/mol. The molecule has 3 aromatic rings. The first kappa shape index (κ1) is 19.4. The summed E-state index contributed by atoms with van der Waals surface area (Å²) in [5.41, 5.74) is 1.74. The van der Waals surface area contributed by atoms with Crippen LogP contribution in [0, 0.1) is 12.3 Å². The molecule has 0 bridgehead atoms. The van der Waals surface area contributed by atoms with Crippen LogP contribution in [0.5, 0.6) is 0 Å². The summed E-state index contributed by atoms with van der Waals surface area (Å²) in [5.74, 6) is 1.18. The van der Waals surface area contributed by atoms with Gasteiger partial charge in [0, 0.05) is 11.5 Å². The van der Waals surface area contributed by atoms with Crippen molar-refractivity contribution in [3.8, 4) is 11.3 Å². The number of rotatable bonds is 4. The van der Waals surface area contributed by atoms with Gasteiger partial charge < -0.3 is 4.42 Å². The lowest BCUT2D eigenvalue weighted by molar-refractivity contribution is 0.298. The molecule has 1 unspecified atom stereocenters. The van der Waals surface area contributed by atoms with E-state index in [9.17, 15) is 8.42 Å². The van der Waals surface area contributed by atoms with Gasteiger partial charge in [-0.15, -0.1) is 0 Å². The highest BCUT2D eigenvalue weighted by Crippen LogP contribution is 2.42. The van der Waals surface area contributed by atoms with Gasteiger partial charge in [0.15, 0.2) is 5.76 Å². The largest absolute Gasteiger partial charge is 0.459 e. The standard InChI is InChI=1S/C23H26O3S/c1-16-11-9-10-14-19(16)22-21(15-20(26-22)17(2)23(3,4)5)27(24,25)18-12-7-6-8-13-18/h6-15,17H,1-5H3. The lowest BCUT2D eigenvalue weighted by Gasteiger charge is -2.25. The Hall–Kier alpha value is -2.33. The third kappa shape index (κ3) is 3.72. The van der Waals surface area contributed by atoms with E-state index in [4.69, 9.17) is 4.42 Å². The van der Waals surface area contributed by atoms with Crippen molar-refractivity contribution in [1.29, 1.82) is 0 Å². The molecule has 0 aliphatic rings. The molecule has 0 spiro atoms. The quantitative estimate of drug-likeness (QED) is 0.537. The Morgan fingerprint density at radius 2 is 1.52 bits per heavy atom. The first-order valence-corrected chi connectivity index (χ1v) is 10.6. The maximum absolute atomic E-state index is 13.4. The minimum Gasteiger partial charge on any atom is -0.459 e. The monoisotopic (exact) mass is 382 g/mol. The van der Waals surface area contributed by atoms with E-state index in [1.807, 2.05) is 37.3 Å². The van der Waals surface area contributed by atoms with Gasteiger partial charge in [0.05, 0.1) is 4.90 Å². The molecule has 1 heterocycles. The van der Waals surface area contributed by atoms with Crippen molar-refractivity contribution >= 4 is 9.84 Å². The molecule has 0 amide bonds. The topological polar surface area (TPSA) is 47.3 Å². The van der Waals surface area contributed by atoms with Crippen LogP contribution in [0.2, 0.25) is 0 Å². The van der Waals surface area contributed by atoms with Crippen molar-refractivity contribution in [3.05, 3.63) is 72.0 Å². The smallest absolute Gasteiger partial charge is 0.210 e. The van der Waals surface area contributed by atoms with Gasteiger partial charge in [0.2, 0.25) is 9.84 Å².